The molecule has 1 heterocycles. The van der Waals surface area contributed by atoms with Crippen LogP contribution in [0.1, 0.15) is 31.4 Å². The minimum Gasteiger partial charge on any atom is -0.493 e. The number of rotatable bonds is 9. The van der Waals surface area contributed by atoms with Gasteiger partial charge in [0.05, 0.1) is 20.3 Å². The molecular formula is C21H24N4O4. The SMILES string of the molecule is C#CCNC(=O)CCc1nnc(-c2ccc(OCC3CCC3)c(OC)c2)[nH]c1=O. The number of aryl methyl sites for hydroxylation is 1. The van der Waals surface area contributed by atoms with Gasteiger partial charge in [-0.2, -0.15) is 0 Å². The van der Waals surface area contributed by atoms with Crippen molar-refractivity contribution in [2.75, 3.05) is 20.3 Å². The molecule has 1 aromatic carbocycles. The van der Waals surface area contributed by atoms with Crippen LogP contribution in [0.25, 0.3) is 11.4 Å². The molecule has 8 heteroatoms. The van der Waals surface area contributed by atoms with Crippen molar-refractivity contribution >= 4 is 5.91 Å². The molecule has 0 saturated heterocycles. The summed E-state index contributed by atoms with van der Waals surface area (Å²) in [4.78, 5) is 26.6. The smallest absolute Gasteiger partial charge is 0.273 e. The zero-order chi connectivity index (χ0) is 20.6. The topological polar surface area (TPSA) is 106 Å². The molecule has 0 atom stereocenters. The lowest BCUT2D eigenvalue weighted by Crippen LogP contribution is -2.25. The van der Waals surface area contributed by atoms with Crippen molar-refractivity contribution in [1.29, 1.82) is 0 Å². The van der Waals surface area contributed by atoms with Gasteiger partial charge in [0.15, 0.2) is 17.3 Å². The first-order valence-corrected chi connectivity index (χ1v) is 9.58. The van der Waals surface area contributed by atoms with E-state index >= 15 is 0 Å². The molecule has 2 aromatic rings. The third kappa shape index (κ3) is 5.35. The summed E-state index contributed by atoms with van der Waals surface area (Å²) in [5, 5.41) is 10.6. The van der Waals surface area contributed by atoms with Crippen LogP contribution in [0, 0.1) is 18.3 Å². The second-order valence-corrected chi connectivity index (χ2v) is 6.90. The standard InChI is InChI=1S/C21H24N4O4/c1-3-11-22-19(26)10-8-16-21(27)23-20(25-24-16)15-7-9-17(18(12-15)28-2)29-13-14-5-4-6-14/h1,7,9,12,14H,4-6,8,10-11,13H2,2H3,(H,22,26)(H,23,25,27). The van der Waals surface area contributed by atoms with Gasteiger partial charge in [-0.1, -0.05) is 12.3 Å². The van der Waals surface area contributed by atoms with Crippen molar-refractivity contribution in [3.8, 4) is 35.2 Å². The molecule has 0 unspecified atom stereocenters. The number of benzene rings is 1. The maximum Gasteiger partial charge on any atom is 0.273 e. The summed E-state index contributed by atoms with van der Waals surface area (Å²) < 4.78 is 11.3. The van der Waals surface area contributed by atoms with E-state index in [9.17, 15) is 9.59 Å². The Balaban J connectivity index is 1.68. The molecule has 1 amide bonds. The Bertz CT molecular complexity index is 960. The molecule has 1 fully saturated rings. The van der Waals surface area contributed by atoms with E-state index in [2.05, 4.69) is 26.4 Å². The number of methoxy groups -OCH3 is 1. The predicted octanol–water partition coefficient (Wildman–Crippen LogP) is 1.70. The fraction of sp³-hybridized carbons (Fsp3) is 0.429. The maximum atomic E-state index is 12.3. The number of amides is 1. The number of terminal acetylenes is 1. The van der Waals surface area contributed by atoms with Gasteiger partial charge >= 0.3 is 0 Å². The van der Waals surface area contributed by atoms with Crippen LogP contribution in [0.15, 0.2) is 23.0 Å². The van der Waals surface area contributed by atoms with Crippen LogP contribution in [0.4, 0.5) is 0 Å². The number of carbonyl (C=O) groups excluding carboxylic acids is 1. The predicted molar refractivity (Wildman–Crippen MR) is 108 cm³/mol. The minimum atomic E-state index is -0.385. The number of aromatic nitrogens is 3. The van der Waals surface area contributed by atoms with Crippen molar-refractivity contribution in [1.82, 2.24) is 20.5 Å². The highest BCUT2D eigenvalue weighted by molar-refractivity contribution is 5.76. The average Bonchev–Trinajstić information content (AvgIpc) is 2.70. The Labute approximate surface area is 169 Å². The van der Waals surface area contributed by atoms with Crippen molar-refractivity contribution in [2.24, 2.45) is 5.92 Å². The summed E-state index contributed by atoms with van der Waals surface area (Å²) in [6, 6.07) is 5.35. The van der Waals surface area contributed by atoms with Crippen molar-refractivity contribution in [3.63, 3.8) is 0 Å². The van der Waals surface area contributed by atoms with E-state index in [0.717, 1.165) is 0 Å². The van der Waals surface area contributed by atoms with Gasteiger partial charge in [-0.3, -0.25) is 9.59 Å². The lowest BCUT2D eigenvalue weighted by atomic mass is 9.86. The van der Waals surface area contributed by atoms with E-state index in [0.29, 0.717) is 35.4 Å². The van der Waals surface area contributed by atoms with E-state index in [1.165, 1.54) is 19.3 Å². The van der Waals surface area contributed by atoms with Gasteiger partial charge in [-0.15, -0.1) is 16.6 Å². The number of carbonyl (C=O) groups is 1. The fourth-order valence-electron chi connectivity index (χ4n) is 2.93. The fourth-order valence-corrected chi connectivity index (χ4v) is 2.93. The normalized spacial score (nSPS) is 13.2. The second kappa shape index (κ2) is 9.73. The highest BCUT2D eigenvalue weighted by Gasteiger charge is 2.19. The molecule has 0 bridgehead atoms. The molecule has 1 saturated carbocycles. The van der Waals surface area contributed by atoms with Crippen molar-refractivity contribution in [3.05, 3.63) is 34.2 Å². The molecule has 2 N–H and O–H groups in total. The zero-order valence-corrected chi connectivity index (χ0v) is 16.4. The van der Waals surface area contributed by atoms with Crippen LogP contribution in [0.2, 0.25) is 0 Å². The molecule has 1 aliphatic carbocycles. The molecule has 29 heavy (non-hydrogen) atoms. The Morgan fingerprint density at radius 2 is 2.17 bits per heavy atom. The molecule has 3 rings (SSSR count). The van der Waals surface area contributed by atoms with Gasteiger partial charge in [0, 0.05) is 18.4 Å². The molecule has 0 aliphatic heterocycles. The third-order valence-corrected chi connectivity index (χ3v) is 4.88. The minimum absolute atomic E-state index is 0.111. The van der Waals surface area contributed by atoms with E-state index in [1.54, 1.807) is 25.3 Å². The van der Waals surface area contributed by atoms with E-state index in [-0.39, 0.29) is 36.5 Å². The van der Waals surface area contributed by atoms with Crippen LogP contribution in [-0.2, 0) is 11.2 Å². The van der Waals surface area contributed by atoms with Crippen LogP contribution in [-0.4, -0.2) is 41.3 Å². The summed E-state index contributed by atoms with van der Waals surface area (Å²) in [6.07, 6.45) is 9.05. The van der Waals surface area contributed by atoms with Gasteiger partial charge in [0.25, 0.3) is 5.56 Å². The van der Waals surface area contributed by atoms with Gasteiger partial charge in [-0.25, -0.2) is 0 Å². The number of nitrogens with zero attached hydrogens (tertiary/aromatic N) is 2. The number of nitrogens with one attached hydrogen (secondary N) is 2. The number of ether oxygens (including phenoxy) is 2. The van der Waals surface area contributed by atoms with Crippen LogP contribution >= 0.6 is 0 Å². The zero-order valence-electron chi connectivity index (χ0n) is 16.4. The summed E-state index contributed by atoms with van der Waals surface area (Å²) in [6.45, 7) is 0.831. The molecule has 0 spiro atoms. The maximum absolute atomic E-state index is 12.3. The Morgan fingerprint density at radius 1 is 1.34 bits per heavy atom. The number of hydrogen-bond donors (Lipinski definition) is 2. The largest absolute Gasteiger partial charge is 0.493 e. The van der Waals surface area contributed by atoms with Gasteiger partial charge in [0.2, 0.25) is 5.91 Å². The third-order valence-electron chi connectivity index (χ3n) is 4.88. The molecule has 0 radical (unpaired) electrons. The first kappa shape index (κ1) is 20.4. The summed E-state index contributed by atoms with van der Waals surface area (Å²) >= 11 is 0. The van der Waals surface area contributed by atoms with E-state index in [1.807, 2.05) is 0 Å². The molecule has 8 nitrogen and oxygen atoms in total. The van der Waals surface area contributed by atoms with Crippen LogP contribution < -0.4 is 20.3 Å². The number of aromatic amines is 1. The Hall–Kier alpha value is -3.34. The van der Waals surface area contributed by atoms with Crippen LogP contribution in [0.5, 0.6) is 11.5 Å². The van der Waals surface area contributed by atoms with Gasteiger partial charge < -0.3 is 19.8 Å². The number of hydrogen-bond acceptors (Lipinski definition) is 6. The summed E-state index contributed by atoms with van der Waals surface area (Å²) in [5.74, 6) is 4.24. The quantitative estimate of drug-likeness (QED) is 0.625. The first-order valence-electron chi connectivity index (χ1n) is 9.58. The average molecular weight is 396 g/mol. The summed E-state index contributed by atoms with van der Waals surface area (Å²) in [5.41, 5.74) is 0.460. The Morgan fingerprint density at radius 3 is 2.83 bits per heavy atom. The van der Waals surface area contributed by atoms with Crippen molar-refractivity contribution in [2.45, 2.75) is 32.1 Å². The monoisotopic (exact) mass is 396 g/mol. The molecule has 1 aromatic heterocycles. The highest BCUT2D eigenvalue weighted by Crippen LogP contribution is 2.33. The second-order valence-electron chi connectivity index (χ2n) is 6.90. The first-order chi connectivity index (χ1) is 14.1. The number of H-pyrrole nitrogens is 1. The van der Waals surface area contributed by atoms with E-state index < -0.39 is 0 Å². The highest BCUT2D eigenvalue weighted by atomic mass is 16.5. The van der Waals surface area contributed by atoms with Crippen LogP contribution in [0.3, 0.4) is 0 Å². The van der Waals surface area contributed by atoms with Gasteiger partial charge in [0.1, 0.15) is 5.69 Å². The molecular weight excluding hydrogens is 372 g/mol. The Kier molecular flexibility index (Phi) is 6.85. The van der Waals surface area contributed by atoms with Crippen molar-refractivity contribution < 1.29 is 14.3 Å². The molecule has 152 valence electrons. The lowest BCUT2D eigenvalue weighted by Gasteiger charge is -2.25. The summed E-state index contributed by atoms with van der Waals surface area (Å²) in [7, 11) is 1.57. The molecule has 1 aliphatic rings. The van der Waals surface area contributed by atoms with E-state index in [4.69, 9.17) is 15.9 Å². The van der Waals surface area contributed by atoms with Gasteiger partial charge in [-0.05, 0) is 37.0 Å². The lowest BCUT2D eigenvalue weighted by molar-refractivity contribution is -0.120.